The van der Waals surface area contributed by atoms with Crippen LogP contribution in [-0.2, 0) is 18.5 Å². The maximum Gasteiger partial charge on any atom is 0.416 e. The Labute approximate surface area is 126 Å². The van der Waals surface area contributed by atoms with Crippen LogP contribution < -0.4 is 5.32 Å². The second-order valence-corrected chi connectivity index (χ2v) is 5.71. The van der Waals surface area contributed by atoms with Crippen molar-refractivity contribution in [2.75, 3.05) is 7.05 Å². The van der Waals surface area contributed by atoms with Crippen molar-refractivity contribution in [3.8, 4) is 0 Å². The van der Waals surface area contributed by atoms with Gasteiger partial charge in [0, 0.05) is 17.2 Å². The van der Waals surface area contributed by atoms with E-state index < -0.39 is 11.7 Å². The molecule has 0 bridgehead atoms. The second-order valence-electron chi connectivity index (χ2n) is 4.66. The van der Waals surface area contributed by atoms with E-state index in [2.05, 4.69) is 5.32 Å². The van der Waals surface area contributed by atoms with Gasteiger partial charge in [-0.2, -0.15) is 13.2 Å². The first-order chi connectivity index (χ1) is 9.99. The zero-order valence-electron chi connectivity index (χ0n) is 11.6. The van der Waals surface area contributed by atoms with Crippen LogP contribution in [-0.4, -0.2) is 7.05 Å². The lowest BCUT2D eigenvalue weighted by molar-refractivity contribution is -0.137. The molecule has 112 valence electrons. The predicted molar refractivity (Wildman–Crippen MR) is 80.2 cm³/mol. The van der Waals surface area contributed by atoms with Crippen LogP contribution in [0.5, 0.6) is 0 Å². The minimum atomic E-state index is -4.27. The highest BCUT2D eigenvalue weighted by Gasteiger charge is 2.29. The molecule has 2 aromatic rings. The second kappa shape index (κ2) is 7.00. The van der Waals surface area contributed by atoms with E-state index in [9.17, 15) is 13.2 Å². The van der Waals surface area contributed by atoms with Crippen LogP contribution in [0.1, 0.15) is 16.7 Å². The molecule has 0 unspecified atom stereocenters. The summed E-state index contributed by atoms with van der Waals surface area (Å²) in [7, 11) is 1.90. The summed E-state index contributed by atoms with van der Waals surface area (Å²) in [5.41, 5.74) is 1.48. The smallest absolute Gasteiger partial charge is 0.316 e. The zero-order valence-corrected chi connectivity index (χ0v) is 12.4. The molecule has 0 saturated heterocycles. The third kappa shape index (κ3) is 4.79. The number of rotatable bonds is 5. The van der Waals surface area contributed by atoms with Gasteiger partial charge in [0.25, 0.3) is 0 Å². The highest BCUT2D eigenvalue weighted by atomic mass is 32.2. The fourth-order valence-electron chi connectivity index (χ4n) is 1.86. The summed E-state index contributed by atoms with van der Waals surface area (Å²) in [4.78, 5) is 1.11. The molecule has 1 nitrogen and oxygen atoms in total. The fourth-order valence-corrected chi connectivity index (χ4v) is 2.72. The molecular formula is C16H16F3NS. The van der Waals surface area contributed by atoms with Gasteiger partial charge < -0.3 is 5.32 Å². The highest BCUT2D eigenvalue weighted by Crippen LogP contribution is 2.30. The summed E-state index contributed by atoms with van der Waals surface area (Å²) in [5, 5.41) is 3.08. The number of halogens is 3. The molecule has 2 rings (SSSR count). The standard InChI is InChI=1S/C16H16F3NS/c1-20-10-12-4-8-15(9-5-12)21-11-13-2-6-14(7-3-13)16(17,18)19/h2-9,20H,10-11H2,1H3. The Kier molecular flexibility index (Phi) is 5.31. The highest BCUT2D eigenvalue weighted by molar-refractivity contribution is 7.98. The van der Waals surface area contributed by atoms with E-state index in [-0.39, 0.29) is 0 Å². The molecule has 0 amide bonds. The van der Waals surface area contributed by atoms with E-state index in [4.69, 9.17) is 0 Å². The molecule has 0 aliphatic carbocycles. The van der Waals surface area contributed by atoms with E-state index in [1.165, 1.54) is 17.7 Å². The molecule has 0 aromatic heterocycles. The van der Waals surface area contributed by atoms with E-state index in [1.807, 2.05) is 31.3 Å². The number of benzene rings is 2. The monoisotopic (exact) mass is 311 g/mol. The van der Waals surface area contributed by atoms with Gasteiger partial charge in [0.05, 0.1) is 5.56 Å². The van der Waals surface area contributed by atoms with Crippen LogP contribution in [0.25, 0.3) is 0 Å². The number of nitrogens with one attached hydrogen (secondary N) is 1. The van der Waals surface area contributed by atoms with Crippen molar-refractivity contribution in [3.63, 3.8) is 0 Å². The zero-order chi connectivity index (χ0) is 15.3. The number of alkyl halides is 3. The van der Waals surface area contributed by atoms with Gasteiger partial charge in [-0.3, -0.25) is 0 Å². The van der Waals surface area contributed by atoms with Crippen molar-refractivity contribution in [3.05, 3.63) is 65.2 Å². The lowest BCUT2D eigenvalue weighted by Gasteiger charge is -2.08. The molecule has 0 spiro atoms. The number of thioether (sulfide) groups is 1. The minimum Gasteiger partial charge on any atom is -0.316 e. The molecule has 0 heterocycles. The lowest BCUT2D eigenvalue weighted by Crippen LogP contribution is -2.04. The molecule has 0 saturated carbocycles. The molecular weight excluding hydrogens is 295 g/mol. The average molecular weight is 311 g/mol. The molecule has 1 N–H and O–H groups in total. The number of hydrogen-bond acceptors (Lipinski definition) is 2. The largest absolute Gasteiger partial charge is 0.416 e. The minimum absolute atomic E-state index is 0.604. The first-order valence-electron chi connectivity index (χ1n) is 6.51. The molecule has 2 aromatic carbocycles. The summed E-state index contributed by atoms with van der Waals surface area (Å²) in [6.45, 7) is 0.823. The van der Waals surface area contributed by atoms with Crippen molar-refractivity contribution in [2.45, 2.75) is 23.4 Å². The Morgan fingerprint density at radius 1 is 0.905 bits per heavy atom. The van der Waals surface area contributed by atoms with E-state index >= 15 is 0 Å². The van der Waals surface area contributed by atoms with Gasteiger partial charge in [-0.15, -0.1) is 11.8 Å². The van der Waals surface area contributed by atoms with Crippen molar-refractivity contribution in [1.82, 2.24) is 5.32 Å². The van der Waals surface area contributed by atoms with Gasteiger partial charge in [0.1, 0.15) is 0 Å². The summed E-state index contributed by atoms with van der Waals surface area (Å²) in [6.07, 6.45) is -4.27. The van der Waals surface area contributed by atoms with E-state index in [1.54, 1.807) is 11.8 Å². The Bertz CT molecular complexity index is 562. The van der Waals surface area contributed by atoms with Gasteiger partial charge >= 0.3 is 6.18 Å². The van der Waals surface area contributed by atoms with Crippen molar-refractivity contribution < 1.29 is 13.2 Å². The maximum atomic E-state index is 12.5. The predicted octanol–water partition coefficient (Wildman–Crippen LogP) is 4.72. The van der Waals surface area contributed by atoms with Gasteiger partial charge in [-0.1, -0.05) is 24.3 Å². The normalized spacial score (nSPS) is 11.6. The third-order valence-corrected chi connectivity index (χ3v) is 4.07. The quantitative estimate of drug-likeness (QED) is 0.802. The summed E-state index contributed by atoms with van der Waals surface area (Å²) < 4.78 is 37.4. The summed E-state index contributed by atoms with van der Waals surface area (Å²) in [6, 6.07) is 13.5. The SMILES string of the molecule is CNCc1ccc(SCc2ccc(C(F)(F)F)cc2)cc1. The Morgan fingerprint density at radius 2 is 1.48 bits per heavy atom. The van der Waals surface area contributed by atoms with Crippen LogP contribution in [0.3, 0.4) is 0 Å². The molecule has 0 aliphatic rings. The van der Waals surface area contributed by atoms with Gasteiger partial charge in [-0.25, -0.2) is 0 Å². The topological polar surface area (TPSA) is 12.0 Å². The Balaban J connectivity index is 1.93. The molecule has 0 fully saturated rings. The third-order valence-electron chi connectivity index (χ3n) is 2.99. The van der Waals surface area contributed by atoms with Crippen LogP contribution >= 0.6 is 11.8 Å². The summed E-state index contributed by atoms with van der Waals surface area (Å²) >= 11 is 1.61. The average Bonchev–Trinajstić information content (AvgIpc) is 2.46. The molecule has 0 radical (unpaired) electrons. The van der Waals surface area contributed by atoms with Crippen LogP contribution in [0.4, 0.5) is 13.2 Å². The maximum absolute atomic E-state index is 12.5. The van der Waals surface area contributed by atoms with Crippen LogP contribution in [0.2, 0.25) is 0 Å². The molecule has 21 heavy (non-hydrogen) atoms. The van der Waals surface area contributed by atoms with Crippen LogP contribution in [0, 0.1) is 0 Å². The van der Waals surface area contributed by atoms with Gasteiger partial charge in [0.2, 0.25) is 0 Å². The number of hydrogen-bond donors (Lipinski definition) is 1. The first kappa shape index (κ1) is 15.9. The Hall–Kier alpha value is -1.46. The van der Waals surface area contributed by atoms with Crippen molar-refractivity contribution in [2.24, 2.45) is 0 Å². The van der Waals surface area contributed by atoms with Crippen molar-refractivity contribution >= 4 is 11.8 Å². The molecule has 5 heteroatoms. The lowest BCUT2D eigenvalue weighted by atomic mass is 10.1. The molecule has 0 aliphatic heterocycles. The van der Waals surface area contributed by atoms with E-state index in [0.29, 0.717) is 5.75 Å². The van der Waals surface area contributed by atoms with Gasteiger partial charge in [-0.05, 0) is 42.4 Å². The van der Waals surface area contributed by atoms with Crippen molar-refractivity contribution in [1.29, 1.82) is 0 Å². The van der Waals surface area contributed by atoms with E-state index in [0.717, 1.165) is 29.1 Å². The summed E-state index contributed by atoms with van der Waals surface area (Å²) in [5.74, 6) is 0.656. The van der Waals surface area contributed by atoms with Gasteiger partial charge in [0.15, 0.2) is 0 Å². The first-order valence-corrected chi connectivity index (χ1v) is 7.50. The van der Waals surface area contributed by atoms with Crippen LogP contribution in [0.15, 0.2) is 53.4 Å². The Morgan fingerprint density at radius 3 is 2.00 bits per heavy atom. The fraction of sp³-hybridized carbons (Fsp3) is 0.250. The molecule has 0 atom stereocenters.